The van der Waals surface area contributed by atoms with Gasteiger partial charge in [-0.25, -0.2) is 4.98 Å². The molecule has 0 aliphatic carbocycles. The maximum Gasteiger partial charge on any atom is 0.254 e. The Morgan fingerprint density at radius 1 is 1.17 bits per heavy atom. The van der Waals surface area contributed by atoms with E-state index in [1.165, 1.54) is 11.1 Å². The highest BCUT2D eigenvalue weighted by molar-refractivity contribution is 6.01. The van der Waals surface area contributed by atoms with Gasteiger partial charge in [0, 0.05) is 31.3 Å². The summed E-state index contributed by atoms with van der Waals surface area (Å²) < 4.78 is 8.64. The topological polar surface area (TPSA) is 47.4 Å². The minimum absolute atomic E-state index is 0.00801. The molecule has 0 saturated carbocycles. The zero-order valence-corrected chi connectivity index (χ0v) is 17.4. The van der Waals surface area contributed by atoms with Crippen molar-refractivity contribution in [3.8, 4) is 5.75 Å². The summed E-state index contributed by atoms with van der Waals surface area (Å²) in [7, 11) is 2.00. The lowest BCUT2D eigenvalue weighted by Crippen LogP contribution is -2.29. The van der Waals surface area contributed by atoms with Gasteiger partial charge in [-0.3, -0.25) is 4.79 Å². The van der Waals surface area contributed by atoms with Crippen molar-refractivity contribution in [2.24, 2.45) is 7.05 Å². The van der Waals surface area contributed by atoms with Crippen LogP contribution in [0.4, 0.5) is 0 Å². The van der Waals surface area contributed by atoms with E-state index in [0.29, 0.717) is 0 Å². The molecule has 3 aromatic rings. The molecular weight excluding hydrogens is 362 g/mol. The number of ether oxygens (including phenoxy) is 1. The van der Waals surface area contributed by atoms with E-state index in [0.717, 1.165) is 72.5 Å². The number of aryl methyl sites for hydroxylation is 3. The Morgan fingerprint density at radius 3 is 2.69 bits per heavy atom. The van der Waals surface area contributed by atoms with E-state index in [1.54, 1.807) is 0 Å². The second-order valence-corrected chi connectivity index (χ2v) is 8.32. The average molecular weight is 389 g/mol. The first-order valence-electron chi connectivity index (χ1n) is 10.5. The highest BCUT2D eigenvalue weighted by Gasteiger charge is 2.32. The molecule has 1 aromatic heterocycles. The number of hydrogen-bond acceptors (Lipinski definition) is 3. The molecule has 1 saturated heterocycles. The number of fused-ring (bicyclic) bond motifs is 3. The van der Waals surface area contributed by atoms with Gasteiger partial charge in [-0.2, -0.15) is 0 Å². The molecule has 29 heavy (non-hydrogen) atoms. The van der Waals surface area contributed by atoms with E-state index in [9.17, 15) is 4.79 Å². The smallest absolute Gasteiger partial charge is 0.254 e. The Kier molecular flexibility index (Phi) is 4.34. The summed E-state index contributed by atoms with van der Waals surface area (Å²) in [5.74, 6) is 1.86. The third kappa shape index (κ3) is 2.91. The molecule has 1 amide bonds. The highest BCUT2D eigenvalue weighted by Crippen LogP contribution is 2.42. The number of nitrogens with zero attached hydrogens (tertiary/aromatic N) is 3. The van der Waals surface area contributed by atoms with E-state index in [2.05, 4.69) is 35.8 Å². The van der Waals surface area contributed by atoms with Gasteiger partial charge in [-0.15, -0.1) is 0 Å². The highest BCUT2D eigenvalue weighted by atomic mass is 16.5. The molecule has 5 heteroatoms. The summed E-state index contributed by atoms with van der Waals surface area (Å²) in [4.78, 5) is 20.1. The summed E-state index contributed by atoms with van der Waals surface area (Å²) in [5.41, 5.74) is 6.11. The molecule has 2 aliphatic heterocycles. The molecule has 0 radical (unpaired) electrons. The molecule has 2 aliphatic rings. The Labute approximate surface area is 171 Å². The average Bonchev–Trinajstić information content (AvgIpc) is 3.36. The fraction of sp³-hybridized carbons (Fsp3) is 0.417. The van der Waals surface area contributed by atoms with Gasteiger partial charge in [0.1, 0.15) is 17.4 Å². The van der Waals surface area contributed by atoms with Gasteiger partial charge >= 0.3 is 0 Å². The Hall–Kier alpha value is -2.82. The monoisotopic (exact) mass is 389 g/mol. The molecule has 0 spiro atoms. The van der Waals surface area contributed by atoms with Crippen LogP contribution in [0.2, 0.25) is 0 Å². The maximum atomic E-state index is 13.3. The van der Waals surface area contributed by atoms with Crippen LogP contribution in [0.15, 0.2) is 30.3 Å². The first-order chi connectivity index (χ1) is 14.0. The lowest BCUT2D eigenvalue weighted by Gasteiger charge is -2.29. The van der Waals surface area contributed by atoms with Crippen molar-refractivity contribution in [2.45, 2.75) is 45.6 Å². The SMILES string of the molecule is Cc1ccccc1[C@@H]1CCc2c(C(=O)N3CCCC3)cc3c(nc(C)n3C)c2O1. The van der Waals surface area contributed by atoms with Crippen molar-refractivity contribution >= 4 is 16.9 Å². The van der Waals surface area contributed by atoms with Gasteiger partial charge in [0.2, 0.25) is 0 Å². The zero-order chi connectivity index (χ0) is 20.1. The van der Waals surface area contributed by atoms with Crippen molar-refractivity contribution < 1.29 is 9.53 Å². The van der Waals surface area contributed by atoms with Crippen LogP contribution in [0.1, 0.15) is 58.2 Å². The van der Waals surface area contributed by atoms with E-state index < -0.39 is 0 Å². The Morgan fingerprint density at radius 2 is 1.93 bits per heavy atom. The van der Waals surface area contributed by atoms with E-state index in [1.807, 2.05) is 24.9 Å². The lowest BCUT2D eigenvalue weighted by atomic mass is 9.91. The number of amides is 1. The molecule has 1 fully saturated rings. The second kappa shape index (κ2) is 6.90. The lowest BCUT2D eigenvalue weighted by molar-refractivity contribution is 0.0789. The number of imidazole rings is 1. The van der Waals surface area contributed by atoms with Gasteiger partial charge in [-0.05, 0) is 56.7 Å². The van der Waals surface area contributed by atoms with Gasteiger partial charge < -0.3 is 14.2 Å². The largest absolute Gasteiger partial charge is 0.483 e. The number of likely N-dealkylation sites (tertiary alicyclic amines) is 1. The number of benzene rings is 2. The molecule has 3 heterocycles. The van der Waals surface area contributed by atoms with Crippen molar-refractivity contribution in [2.75, 3.05) is 13.1 Å². The molecule has 0 N–H and O–H groups in total. The normalized spacial score (nSPS) is 18.7. The molecule has 1 atom stereocenters. The molecule has 5 nitrogen and oxygen atoms in total. The first kappa shape index (κ1) is 18.2. The second-order valence-electron chi connectivity index (χ2n) is 8.32. The zero-order valence-electron chi connectivity index (χ0n) is 17.4. The van der Waals surface area contributed by atoms with E-state index >= 15 is 0 Å². The van der Waals surface area contributed by atoms with Gasteiger partial charge in [0.05, 0.1) is 5.52 Å². The number of rotatable bonds is 2. The maximum absolute atomic E-state index is 13.3. The number of carbonyl (C=O) groups excluding carboxylic acids is 1. The quantitative estimate of drug-likeness (QED) is 0.649. The summed E-state index contributed by atoms with van der Waals surface area (Å²) >= 11 is 0. The van der Waals surface area contributed by atoms with Crippen molar-refractivity contribution in [3.05, 3.63) is 58.4 Å². The Bertz CT molecular complexity index is 1110. The van der Waals surface area contributed by atoms with Gasteiger partial charge in [0.25, 0.3) is 5.91 Å². The minimum Gasteiger partial charge on any atom is -0.483 e. The summed E-state index contributed by atoms with van der Waals surface area (Å²) in [6.45, 7) is 5.82. The van der Waals surface area contributed by atoms with Crippen LogP contribution < -0.4 is 4.74 Å². The molecule has 0 bridgehead atoms. The molecule has 5 rings (SSSR count). The summed E-state index contributed by atoms with van der Waals surface area (Å²) in [6, 6.07) is 10.4. The van der Waals surface area contributed by atoms with E-state index in [4.69, 9.17) is 9.72 Å². The molecule has 2 aromatic carbocycles. The Balaban J connectivity index is 1.65. The predicted molar refractivity (Wildman–Crippen MR) is 113 cm³/mol. The fourth-order valence-corrected chi connectivity index (χ4v) is 4.75. The van der Waals surface area contributed by atoms with Crippen LogP contribution in [0.25, 0.3) is 11.0 Å². The third-order valence-corrected chi connectivity index (χ3v) is 6.53. The van der Waals surface area contributed by atoms with Crippen LogP contribution in [0, 0.1) is 13.8 Å². The van der Waals surface area contributed by atoms with Crippen molar-refractivity contribution in [1.29, 1.82) is 0 Å². The molecule has 0 unspecified atom stereocenters. The van der Waals surface area contributed by atoms with Gasteiger partial charge in [0.15, 0.2) is 5.75 Å². The van der Waals surface area contributed by atoms with E-state index in [-0.39, 0.29) is 12.0 Å². The molecule has 150 valence electrons. The summed E-state index contributed by atoms with van der Waals surface area (Å²) in [6.07, 6.45) is 3.87. The first-order valence-corrected chi connectivity index (χ1v) is 10.5. The van der Waals surface area contributed by atoms with Crippen LogP contribution in [-0.2, 0) is 13.5 Å². The van der Waals surface area contributed by atoms with Crippen molar-refractivity contribution in [1.82, 2.24) is 14.5 Å². The number of hydrogen-bond donors (Lipinski definition) is 0. The van der Waals surface area contributed by atoms with Crippen LogP contribution in [0.5, 0.6) is 5.75 Å². The molecular formula is C24H27N3O2. The number of carbonyl (C=O) groups is 1. The van der Waals surface area contributed by atoms with Crippen LogP contribution in [-0.4, -0.2) is 33.4 Å². The van der Waals surface area contributed by atoms with Gasteiger partial charge in [-0.1, -0.05) is 24.3 Å². The summed E-state index contributed by atoms with van der Waals surface area (Å²) in [5, 5.41) is 0. The third-order valence-electron chi connectivity index (χ3n) is 6.53. The van der Waals surface area contributed by atoms with Crippen LogP contribution >= 0.6 is 0 Å². The fourth-order valence-electron chi connectivity index (χ4n) is 4.75. The minimum atomic E-state index is -0.00801. The van der Waals surface area contributed by atoms with Crippen LogP contribution in [0.3, 0.4) is 0 Å². The van der Waals surface area contributed by atoms with Crippen molar-refractivity contribution in [3.63, 3.8) is 0 Å². The number of aromatic nitrogens is 2. The standard InChI is InChI=1S/C24H27N3O2/c1-15-8-4-5-9-17(15)21-11-10-18-19(24(28)27-12-6-7-13-27)14-20-22(23(18)29-21)25-16(2)26(20)3/h4-5,8-9,14,21H,6-7,10-13H2,1-3H3/t21-/m0/s1. The predicted octanol–water partition coefficient (Wildman–Crippen LogP) is 4.49.